The van der Waals surface area contributed by atoms with Crippen LogP contribution in [0, 0.1) is 0 Å². The van der Waals surface area contributed by atoms with E-state index in [1.807, 2.05) is 24.3 Å². The lowest BCUT2D eigenvalue weighted by molar-refractivity contribution is -0.131. The molecular formula is C20H21ClN4O3S. The first kappa shape index (κ1) is 19.8. The minimum atomic E-state index is -0.737. The Morgan fingerprint density at radius 2 is 1.97 bits per heavy atom. The molecule has 1 saturated carbocycles. The van der Waals surface area contributed by atoms with Gasteiger partial charge >= 0.3 is 6.03 Å². The van der Waals surface area contributed by atoms with Crippen molar-refractivity contribution in [2.75, 3.05) is 11.9 Å². The lowest BCUT2D eigenvalue weighted by Gasteiger charge is -2.19. The molecule has 2 heterocycles. The molecule has 29 heavy (non-hydrogen) atoms. The van der Waals surface area contributed by atoms with E-state index < -0.39 is 11.6 Å². The van der Waals surface area contributed by atoms with Crippen LogP contribution < -0.4 is 10.6 Å². The lowest BCUT2D eigenvalue weighted by atomic mass is 9.98. The predicted octanol–water partition coefficient (Wildman–Crippen LogP) is 3.58. The quantitative estimate of drug-likeness (QED) is 0.682. The molecule has 1 aliphatic carbocycles. The van der Waals surface area contributed by atoms with Crippen LogP contribution in [0.25, 0.3) is 0 Å². The highest BCUT2D eigenvalue weighted by Gasteiger charge is 2.52. The standard InChI is InChI=1S/C20H21ClN4O3S/c21-14-5-3-13(4-6-14)11-15-12-22-18(29-15)23-16(26)7-10-25-17(27)20(24-19(25)28)8-1-2-9-20/h3-6,12H,1-2,7-11H2,(H,24,28)(H,22,23,26). The third kappa shape index (κ3) is 4.28. The fourth-order valence-electron chi connectivity index (χ4n) is 3.84. The van der Waals surface area contributed by atoms with Crippen LogP contribution in [0.4, 0.5) is 9.93 Å². The molecule has 7 nitrogen and oxygen atoms in total. The van der Waals surface area contributed by atoms with E-state index in [1.165, 1.54) is 16.2 Å². The van der Waals surface area contributed by atoms with Gasteiger partial charge < -0.3 is 10.6 Å². The smallest absolute Gasteiger partial charge is 0.323 e. The summed E-state index contributed by atoms with van der Waals surface area (Å²) < 4.78 is 0. The molecule has 2 aliphatic rings. The molecule has 0 bridgehead atoms. The van der Waals surface area contributed by atoms with Crippen molar-refractivity contribution in [3.63, 3.8) is 0 Å². The van der Waals surface area contributed by atoms with E-state index in [0.717, 1.165) is 23.3 Å². The number of nitrogens with one attached hydrogen (secondary N) is 2. The molecule has 1 aromatic carbocycles. The molecule has 0 atom stereocenters. The highest BCUT2D eigenvalue weighted by atomic mass is 35.5. The number of urea groups is 1. The van der Waals surface area contributed by atoms with Crippen molar-refractivity contribution >= 4 is 45.9 Å². The number of hydrogen-bond acceptors (Lipinski definition) is 5. The molecule has 4 rings (SSSR count). The van der Waals surface area contributed by atoms with Gasteiger partial charge in [-0.1, -0.05) is 36.6 Å². The van der Waals surface area contributed by atoms with E-state index in [-0.39, 0.29) is 24.8 Å². The van der Waals surface area contributed by atoms with Gasteiger partial charge in [0.25, 0.3) is 5.91 Å². The number of hydrogen-bond donors (Lipinski definition) is 2. The van der Waals surface area contributed by atoms with Crippen LogP contribution >= 0.6 is 22.9 Å². The number of amides is 4. The maximum atomic E-state index is 12.6. The Balaban J connectivity index is 1.29. The number of carbonyl (C=O) groups excluding carboxylic acids is 3. The summed E-state index contributed by atoms with van der Waals surface area (Å²) in [5, 5.41) is 6.76. The summed E-state index contributed by atoms with van der Waals surface area (Å²) in [6, 6.07) is 7.19. The summed E-state index contributed by atoms with van der Waals surface area (Å²) in [4.78, 5) is 43.4. The SMILES string of the molecule is O=C(CCN1C(=O)NC2(CCCC2)C1=O)Nc1ncc(Cc2ccc(Cl)cc2)s1. The Morgan fingerprint density at radius 1 is 1.24 bits per heavy atom. The second-order valence-corrected chi connectivity index (χ2v) is 8.96. The molecule has 0 unspecified atom stereocenters. The fraction of sp³-hybridized carbons (Fsp3) is 0.400. The molecule has 2 N–H and O–H groups in total. The average molecular weight is 433 g/mol. The van der Waals surface area contributed by atoms with Crippen molar-refractivity contribution in [3.05, 3.63) is 45.9 Å². The Hall–Kier alpha value is -2.45. The van der Waals surface area contributed by atoms with E-state index in [1.54, 1.807) is 6.20 Å². The van der Waals surface area contributed by atoms with Crippen molar-refractivity contribution < 1.29 is 14.4 Å². The molecule has 1 spiro atoms. The lowest BCUT2D eigenvalue weighted by Crippen LogP contribution is -2.44. The third-order valence-corrected chi connectivity index (χ3v) is 6.52. The topological polar surface area (TPSA) is 91.4 Å². The van der Waals surface area contributed by atoms with Gasteiger partial charge in [-0.25, -0.2) is 9.78 Å². The second-order valence-electron chi connectivity index (χ2n) is 7.41. The summed E-state index contributed by atoms with van der Waals surface area (Å²) >= 11 is 7.30. The van der Waals surface area contributed by atoms with Crippen molar-refractivity contribution in [3.8, 4) is 0 Å². The Labute approximate surface area is 177 Å². The van der Waals surface area contributed by atoms with Crippen LogP contribution in [0.15, 0.2) is 30.5 Å². The summed E-state index contributed by atoms with van der Waals surface area (Å²) in [6.45, 7) is 0.0707. The molecule has 152 valence electrons. The zero-order chi connectivity index (χ0) is 20.4. The predicted molar refractivity (Wildman–Crippen MR) is 111 cm³/mol. The van der Waals surface area contributed by atoms with Crippen LogP contribution in [-0.4, -0.2) is 39.8 Å². The molecule has 4 amide bonds. The second kappa shape index (κ2) is 8.12. The first-order valence-corrected chi connectivity index (χ1v) is 10.8. The van der Waals surface area contributed by atoms with Gasteiger partial charge in [0.05, 0.1) is 0 Å². The molecule has 1 aromatic heterocycles. The molecule has 1 saturated heterocycles. The number of imide groups is 1. The molecule has 2 aromatic rings. The van der Waals surface area contributed by atoms with Crippen molar-refractivity contribution in [2.24, 2.45) is 0 Å². The molecule has 9 heteroatoms. The Kier molecular flexibility index (Phi) is 5.56. The number of anilines is 1. The van der Waals surface area contributed by atoms with Gasteiger partial charge in [0.1, 0.15) is 5.54 Å². The summed E-state index contributed by atoms with van der Waals surface area (Å²) in [7, 11) is 0. The summed E-state index contributed by atoms with van der Waals surface area (Å²) in [5.41, 5.74) is 0.370. The molecule has 1 aliphatic heterocycles. The van der Waals surface area contributed by atoms with Crippen molar-refractivity contribution in [1.29, 1.82) is 0 Å². The van der Waals surface area contributed by atoms with Crippen molar-refractivity contribution in [1.82, 2.24) is 15.2 Å². The van der Waals surface area contributed by atoms with E-state index in [4.69, 9.17) is 11.6 Å². The molecular weight excluding hydrogens is 412 g/mol. The van der Waals surface area contributed by atoms with Gasteiger partial charge in [-0.05, 0) is 30.5 Å². The van der Waals surface area contributed by atoms with E-state index in [9.17, 15) is 14.4 Å². The van der Waals surface area contributed by atoms with Gasteiger partial charge in [-0.2, -0.15) is 0 Å². The van der Waals surface area contributed by atoms with Gasteiger partial charge in [0, 0.05) is 35.5 Å². The van der Waals surface area contributed by atoms with E-state index in [0.29, 0.717) is 29.4 Å². The Bertz CT molecular complexity index is 937. The largest absolute Gasteiger partial charge is 0.325 e. The number of benzene rings is 1. The van der Waals surface area contributed by atoms with Gasteiger partial charge in [-0.15, -0.1) is 11.3 Å². The van der Waals surface area contributed by atoms with E-state index in [2.05, 4.69) is 15.6 Å². The van der Waals surface area contributed by atoms with Crippen LogP contribution in [0.1, 0.15) is 42.5 Å². The zero-order valence-corrected chi connectivity index (χ0v) is 17.3. The van der Waals surface area contributed by atoms with Gasteiger partial charge in [-0.3, -0.25) is 14.5 Å². The van der Waals surface area contributed by atoms with Crippen LogP contribution in [0.2, 0.25) is 5.02 Å². The maximum Gasteiger partial charge on any atom is 0.325 e. The maximum absolute atomic E-state index is 12.6. The number of carbonyl (C=O) groups is 3. The zero-order valence-electron chi connectivity index (χ0n) is 15.7. The summed E-state index contributed by atoms with van der Waals surface area (Å²) in [6.07, 6.45) is 5.70. The summed E-state index contributed by atoms with van der Waals surface area (Å²) in [5.74, 6) is -0.474. The number of rotatable bonds is 6. The first-order valence-electron chi connectivity index (χ1n) is 9.58. The van der Waals surface area contributed by atoms with Gasteiger partial charge in [0.15, 0.2) is 5.13 Å². The van der Waals surface area contributed by atoms with Crippen LogP contribution in [0.5, 0.6) is 0 Å². The third-order valence-electron chi connectivity index (χ3n) is 5.36. The molecule has 2 fully saturated rings. The Morgan fingerprint density at radius 3 is 2.69 bits per heavy atom. The number of thiazole rings is 1. The van der Waals surface area contributed by atoms with Gasteiger partial charge in [0.2, 0.25) is 5.91 Å². The number of halogens is 1. The van der Waals surface area contributed by atoms with E-state index >= 15 is 0 Å². The highest BCUT2D eigenvalue weighted by Crippen LogP contribution is 2.35. The number of nitrogens with zero attached hydrogens (tertiary/aromatic N) is 2. The van der Waals surface area contributed by atoms with Crippen molar-refractivity contribution in [2.45, 2.75) is 44.1 Å². The fourth-order valence-corrected chi connectivity index (χ4v) is 4.83. The van der Waals surface area contributed by atoms with Crippen LogP contribution in [-0.2, 0) is 16.0 Å². The van der Waals surface area contributed by atoms with Crippen LogP contribution in [0.3, 0.4) is 0 Å². The number of aromatic nitrogens is 1. The normalized spacial score (nSPS) is 17.8. The minimum Gasteiger partial charge on any atom is -0.323 e. The highest BCUT2D eigenvalue weighted by molar-refractivity contribution is 7.15. The monoisotopic (exact) mass is 432 g/mol. The minimum absolute atomic E-state index is 0.0430. The first-order chi connectivity index (χ1) is 13.9. The average Bonchev–Trinajstić information content (AvgIpc) is 3.38. The molecule has 0 radical (unpaired) electrons.